The number of hydrogen-bond acceptors (Lipinski definition) is 3. The number of nitrogens with zero attached hydrogens (tertiary/aromatic N) is 1. The number of aliphatic hydroxyl groups is 1. The van der Waals surface area contributed by atoms with Crippen LogP contribution in [0.4, 0.5) is 0 Å². The van der Waals surface area contributed by atoms with Crippen molar-refractivity contribution in [3.63, 3.8) is 0 Å². The predicted octanol–water partition coefficient (Wildman–Crippen LogP) is 1.77. The smallest absolute Gasteiger partial charge is 0.250 e. The van der Waals surface area contributed by atoms with E-state index in [9.17, 15) is 9.90 Å². The van der Waals surface area contributed by atoms with Crippen molar-refractivity contribution in [1.29, 1.82) is 0 Å². The first-order valence-corrected chi connectivity index (χ1v) is 6.36. The fourth-order valence-electron chi connectivity index (χ4n) is 2.35. The van der Waals surface area contributed by atoms with Gasteiger partial charge in [-0.2, -0.15) is 0 Å². The first kappa shape index (κ1) is 16.7. The number of carbonyl (C=O) groups excluding carboxylic acids is 1. The summed E-state index contributed by atoms with van der Waals surface area (Å²) in [5.41, 5.74) is 4.92. The molecule has 4 nitrogen and oxygen atoms in total. The zero-order chi connectivity index (χ0) is 13.2. The molecule has 0 aromatic heterocycles. The van der Waals surface area contributed by atoms with Gasteiger partial charge in [0.15, 0.2) is 5.60 Å². The Balaban J connectivity index is 0.00000180. The maximum absolute atomic E-state index is 11.3. The van der Waals surface area contributed by atoms with Gasteiger partial charge in [-0.1, -0.05) is 23.7 Å². The molecule has 1 aliphatic rings. The monoisotopic (exact) mass is 396 g/mol. The number of amides is 1. The van der Waals surface area contributed by atoms with Crippen molar-refractivity contribution in [3.8, 4) is 0 Å². The molecule has 106 valence electrons. The van der Waals surface area contributed by atoms with E-state index in [1.165, 1.54) is 0 Å². The van der Waals surface area contributed by atoms with E-state index in [0.717, 1.165) is 18.5 Å². The summed E-state index contributed by atoms with van der Waals surface area (Å²) in [6, 6.07) is 7.58. The Bertz CT molecular complexity index is 458. The quantitative estimate of drug-likeness (QED) is 0.765. The van der Waals surface area contributed by atoms with Crippen molar-refractivity contribution in [2.45, 2.75) is 25.0 Å². The van der Waals surface area contributed by atoms with Gasteiger partial charge in [0.05, 0.1) is 0 Å². The molecule has 1 aliphatic heterocycles. The first-order chi connectivity index (χ1) is 8.49. The van der Waals surface area contributed by atoms with Crippen LogP contribution < -0.4 is 5.73 Å². The number of hydrogen-bond donors (Lipinski definition) is 2. The summed E-state index contributed by atoms with van der Waals surface area (Å²) < 4.78 is 0. The second-order valence-corrected chi connectivity index (χ2v) is 5.28. The normalized spacial score (nSPS) is 23.7. The van der Waals surface area contributed by atoms with Crippen molar-refractivity contribution in [2.75, 3.05) is 13.1 Å². The average Bonchev–Trinajstić information content (AvgIpc) is 2.29. The SMILES string of the molecule is I.NC(=O)C1(O)CCCN(Cc2cccc(Cl)c2)C1. The second-order valence-electron chi connectivity index (χ2n) is 4.84. The summed E-state index contributed by atoms with van der Waals surface area (Å²) in [5, 5.41) is 10.8. The van der Waals surface area contributed by atoms with Gasteiger partial charge in [-0.3, -0.25) is 9.69 Å². The number of likely N-dealkylation sites (tertiary alicyclic amines) is 1. The van der Waals surface area contributed by atoms with Crippen LogP contribution in [0.15, 0.2) is 24.3 Å². The van der Waals surface area contributed by atoms with E-state index in [0.29, 0.717) is 18.0 Å². The summed E-state index contributed by atoms with van der Waals surface area (Å²) in [6.45, 7) is 1.80. The minimum absolute atomic E-state index is 0. The van der Waals surface area contributed by atoms with E-state index in [1.807, 2.05) is 29.2 Å². The molecule has 0 saturated carbocycles. The molecule has 6 heteroatoms. The Labute approximate surface area is 134 Å². The van der Waals surface area contributed by atoms with Crippen LogP contribution in [0.25, 0.3) is 0 Å². The maximum atomic E-state index is 11.3. The summed E-state index contributed by atoms with van der Waals surface area (Å²) in [5.74, 6) is -0.640. The second kappa shape index (κ2) is 6.88. The van der Waals surface area contributed by atoms with E-state index < -0.39 is 11.5 Å². The highest BCUT2D eigenvalue weighted by atomic mass is 127. The molecule has 0 spiro atoms. The maximum Gasteiger partial charge on any atom is 0.250 e. The topological polar surface area (TPSA) is 66.6 Å². The lowest BCUT2D eigenvalue weighted by Crippen LogP contribution is -2.55. The van der Waals surface area contributed by atoms with Gasteiger partial charge in [0.2, 0.25) is 0 Å². The molecular formula is C13H18ClIN2O2. The van der Waals surface area contributed by atoms with Gasteiger partial charge in [0.1, 0.15) is 0 Å². The lowest BCUT2D eigenvalue weighted by Gasteiger charge is -2.37. The largest absolute Gasteiger partial charge is 0.379 e. The van der Waals surface area contributed by atoms with Crippen molar-refractivity contribution in [1.82, 2.24) is 4.90 Å². The fraction of sp³-hybridized carbons (Fsp3) is 0.462. The molecule has 0 bridgehead atoms. The van der Waals surface area contributed by atoms with Crippen LogP contribution in [-0.4, -0.2) is 34.6 Å². The van der Waals surface area contributed by atoms with E-state index in [2.05, 4.69) is 0 Å². The standard InChI is InChI=1S/C13H17ClN2O2.HI/c14-11-4-1-3-10(7-11)8-16-6-2-5-13(18,9-16)12(15)17;/h1,3-4,7,18H,2,5-6,8-9H2,(H2,15,17);1H. The predicted molar refractivity (Wildman–Crippen MR) is 85.5 cm³/mol. The van der Waals surface area contributed by atoms with Crippen LogP contribution in [0.2, 0.25) is 5.02 Å². The van der Waals surface area contributed by atoms with Gasteiger partial charge in [-0.25, -0.2) is 0 Å². The number of β-amino-alcohol motifs (C(OH)–C–C–N with tert-alkyl or cyclic N) is 1. The molecule has 1 heterocycles. The van der Waals surface area contributed by atoms with E-state index in [1.54, 1.807) is 0 Å². The molecule has 0 aliphatic carbocycles. The highest BCUT2D eigenvalue weighted by Crippen LogP contribution is 2.23. The molecular weight excluding hydrogens is 379 g/mol. The zero-order valence-electron chi connectivity index (χ0n) is 10.5. The minimum Gasteiger partial charge on any atom is -0.379 e. The highest BCUT2D eigenvalue weighted by molar-refractivity contribution is 14.0. The molecule has 1 saturated heterocycles. The summed E-state index contributed by atoms with van der Waals surface area (Å²) >= 11 is 5.93. The van der Waals surface area contributed by atoms with Crippen molar-refractivity contribution in [3.05, 3.63) is 34.9 Å². The number of benzene rings is 1. The van der Waals surface area contributed by atoms with Crippen LogP contribution in [0.1, 0.15) is 18.4 Å². The molecule has 1 aromatic carbocycles. The number of primary amides is 1. The number of carbonyl (C=O) groups is 1. The zero-order valence-corrected chi connectivity index (χ0v) is 13.6. The molecule has 1 unspecified atom stereocenters. The first-order valence-electron chi connectivity index (χ1n) is 5.99. The summed E-state index contributed by atoms with van der Waals surface area (Å²) in [4.78, 5) is 13.3. The third-order valence-corrected chi connectivity index (χ3v) is 3.54. The molecule has 3 N–H and O–H groups in total. The number of rotatable bonds is 3. The van der Waals surface area contributed by atoms with Gasteiger partial charge in [-0.05, 0) is 37.1 Å². The van der Waals surface area contributed by atoms with Crippen LogP contribution >= 0.6 is 35.6 Å². The lowest BCUT2D eigenvalue weighted by molar-refractivity contribution is -0.142. The number of piperidine rings is 1. The Morgan fingerprint density at radius 1 is 1.53 bits per heavy atom. The van der Waals surface area contributed by atoms with Gasteiger partial charge in [-0.15, -0.1) is 24.0 Å². The third-order valence-electron chi connectivity index (χ3n) is 3.30. The fourth-order valence-corrected chi connectivity index (χ4v) is 2.57. The van der Waals surface area contributed by atoms with Crippen molar-refractivity contribution in [2.24, 2.45) is 5.73 Å². The molecule has 1 atom stereocenters. The van der Waals surface area contributed by atoms with Crippen molar-refractivity contribution < 1.29 is 9.90 Å². The third kappa shape index (κ3) is 4.30. The minimum atomic E-state index is -1.39. The van der Waals surface area contributed by atoms with Gasteiger partial charge < -0.3 is 10.8 Å². The van der Waals surface area contributed by atoms with Crippen LogP contribution in [0.3, 0.4) is 0 Å². The number of halogens is 2. The Morgan fingerprint density at radius 3 is 2.89 bits per heavy atom. The Morgan fingerprint density at radius 2 is 2.26 bits per heavy atom. The molecule has 2 rings (SSSR count). The van der Waals surface area contributed by atoms with E-state index in [-0.39, 0.29) is 30.5 Å². The van der Waals surface area contributed by atoms with E-state index >= 15 is 0 Å². The van der Waals surface area contributed by atoms with Gasteiger partial charge in [0.25, 0.3) is 5.91 Å². The van der Waals surface area contributed by atoms with Crippen LogP contribution in [0, 0.1) is 0 Å². The lowest BCUT2D eigenvalue weighted by atomic mass is 9.92. The Kier molecular flexibility index (Phi) is 6.04. The van der Waals surface area contributed by atoms with Crippen LogP contribution in [-0.2, 0) is 11.3 Å². The highest BCUT2D eigenvalue weighted by Gasteiger charge is 2.38. The van der Waals surface area contributed by atoms with E-state index in [4.69, 9.17) is 17.3 Å². The summed E-state index contributed by atoms with van der Waals surface area (Å²) in [7, 11) is 0. The van der Waals surface area contributed by atoms with Gasteiger partial charge >= 0.3 is 0 Å². The average molecular weight is 397 g/mol. The summed E-state index contributed by atoms with van der Waals surface area (Å²) in [6.07, 6.45) is 1.20. The molecule has 1 aromatic rings. The molecule has 1 fully saturated rings. The van der Waals surface area contributed by atoms with Crippen LogP contribution in [0.5, 0.6) is 0 Å². The molecule has 19 heavy (non-hydrogen) atoms. The number of nitrogens with two attached hydrogens (primary N) is 1. The van der Waals surface area contributed by atoms with Gasteiger partial charge in [0, 0.05) is 18.1 Å². The molecule has 1 amide bonds. The molecule has 0 radical (unpaired) electrons. The van der Waals surface area contributed by atoms with Crippen molar-refractivity contribution >= 4 is 41.5 Å². The Hall–Kier alpha value is -0.370.